The predicted molar refractivity (Wildman–Crippen MR) is 98.1 cm³/mol. The Balaban J connectivity index is 1.97. The Morgan fingerprint density at radius 1 is 1.24 bits per heavy atom. The van der Waals surface area contributed by atoms with Gasteiger partial charge in [-0.3, -0.25) is 4.79 Å². The van der Waals surface area contributed by atoms with E-state index in [-0.39, 0.29) is 23.6 Å². The molecule has 1 aromatic carbocycles. The molecule has 0 aliphatic carbocycles. The van der Waals surface area contributed by atoms with Gasteiger partial charge in [0, 0.05) is 25.6 Å². The van der Waals surface area contributed by atoms with Crippen LogP contribution < -0.4 is 5.32 Å². The van der Waals surface area contributed by atoms with Gasteiger partial charge in [0.25, 0.3) is 5.91 Å². The van der Waals surface area contributed by atoms with Crippen LogP contribution in [-0.4, -0.2) is 57.7 Å². The van der Waals surface area contributed by atoms with Crippen LogP contribution in [0.25, 0.3) is 0 Å². The summed E-state index contributed by atoms with van der Waals surface area (Å²) in [5.41, 5.74) is 1.80. The zero-order chi connectivity index (χ0) is 18.4. The van der Waals surface area contributed by atoms with Crippen molar-refractivity contribution >= 4 is 15.9 Å². The fraction of sp³-hybridized carbons (Fsp3) is 0.611. The molecule has 2 rings (SSSR count). The highest BCUT2D eigenvalue weighted by Crippen LogP contribution is 2.18. The van der Waals surface area contributed by atoms with Crippen LogP contribution >= 0.6 is 0 Å². The van der Waals surface area contributed by atoms with Gasteiger partial charge >= 0.3 is 0 Å². The average molecular weight is 368 g/mol. The second-order valence-electron chi connectivity index (χ2n) is 6.74. The van der Waals surface area contributed by atoms with Gasteiger partial charge < -0.3 is 10.1 Å². The maximum Gasteiger partial charge on any atom is 0.251 e. The molecule has 0 unspecified atom stereocenters. The summed E-state index contributed by atoms with van der Waals surface area (Å²) in [6.45, 7) is 2.83. The topological polar surface area (TPSA) is 75.7 Å². The van der Waals surface area contributed by atoms with Crippen molar-refractivity contribution in [3.05, 3.63) is 35.4 Å². The number of ether oxygens (including phenoxy) is 1. The zero-order valence-corrected chi connectivity index (χ0v) is 16.0. The Hall–Kier alpha value is -1.44. The van der Waals surface area contributed by atoms with Crippen LogP contribution in [0.5, 0.6) is 0 Å². The number of carbonyl (C=O) groups excluding carboxylic acids is 1. The second kappa shape index (κ2) is 8.78. The number of unbranched alkanes of at least 4 members (excludes halogenated alkanes) is 1. The Labute approximate surface area is 150 Å². The quantitative estimate of drug-likeness (QED) is 0.757. The van der Waals surface area contributed by atoms with Crippen molar-refractivity contribution in [2.24, 2.45) is 5.92 Å². The number of sulfonamides is 1. The van der Waals surface area contributed by atoms with E-state index in [0.29, 0.717) is 18.8 Å². The molecule has 7 heteroatoms. The minimum absolute atomic E-state index is 0.0269. The van der Waals surface area contributed by atoms with Crippen LogP contribution in [0.15, 0.2) is 24.3 Å². The van der Waals surface area contributed by atoms with E-state index in [1.165, 1.54) is 24.0 Å². The molecule has 1 saturated heterocycles. The first-order valence-corrected chi connectivity index (χ1v) is 10.3. The number of carbonyl (C=O) groups is 1. The third-order valence-electron chi connectivity index (χ3n) is 4.53. The van der Waals surface area contributed by atoms with E-state index in [0.717, 1.165) is 19.3 Å². The summed E-state index contributed by atoms with van der Waals surface area (Å²) in [5, 5.41) is 2.92. The van der Waals surface area contributed by atoms with Gasteiger partial charge in [-0.1, -0.05) is 25.5 Å². The number of aryl methyl sites for hydroxylation is 1. The van der Waals surface area contributed by atoms with E-state index in [1.54, 1.807) is 0 Å². The molecule has 25 heavy (non-hydrogen) atoms. The number of amides is 1. The molecular formula is C18H28N2O4S. The van der Waals surface area contributed by atoms with Crippen LogP contribution in [0.4, 0.5) is 0 Å². The van der Waals surface area contributed by atoms with Crippen LogP contribution in [0, 0.1) is 5.92 Å². The number of nitrogens with one attached hydrogen (secondary N) is 1. The molecular weight excluding hydrogens is 340 g/mol. The third kappa shape index (κ3) is 5.52. The van der Waals surface area contributed by atoms with Crippen molar-refractivity contribution in [1.29, 1.82) is 0 Å². The molecule has 0 saturated carbocycles. The molecule has 2 atom stereocenters. The monoisotopic (exact) mass is 368 g/mol. The van der Waals surface area contributed by atoms with Crippen LogP contribution in [0.2, 0.25) is 0 Å². The minimum atomic E-state index is -3.33. The summed E-state index contributed by atoms with van der Waals surface area (Å²) in [5.74, 6) is -0.453. The van der Waals surface area contributed by atoms with Crippen LogP contribution in [-0.2, 0) is 21.2 Å². The first-order valence-electron chi connectivity index (χ1n) is 8.71. The van der Waals surface area contributed by atoms with Gasteiger partial charge in [-0.15, -0.1) is 0 Å². The lowest BCUT2D eigenvalue weighted by atomic mass is 10.0. The van der Waals surface area contributed by atoms with Crippen molar-refractivity contribution in [3.63, 3.8) is 0 Å². The molecule has 1 N–H and O–H groups in total. The average Bonchev–Trinajstić information content (AvgIpc) is 2.99. The van der Waals surface area contributed by atoms with Gasteiger partial charge in [0.05, 0.1) is 25.0 Å². The Kier molecular flexibility index (Phi) is 6.98. The molecule has 1 fully saturated rings. The standard InChI is InChI=1S/C18H28N2O4S/c1-4-5-6-14-7-9-15(10-8-14)18(21)19-17-12-24-11-16(17)13-25(22,23)20(2)3/h7-10,16-17H,4-6,11-13H2,1-3H3,(H,19,21)/t16-,17+/m0/s1. The smallest absolute Gasteiger partial charge is 0.251 e. The number of rotatable bonds is 8. The minimum Gasteiger partial charge on any atom is -0.379 e. The Bertz CT molecular complexity index is 671. The summed E-state index contributed by atoms with van der Waals surface area (Å²) in [6, 6.07) is 7.30. The molecule has 1 heterocycles. The van der Waals surface area contributed by atoms with E-state index in [2.05, 4.69) is 12.2 Å². The molecule has 6 nitrogen and oxygen atoms in total. The van der Waals surface area contributed by atoms with Gasteiger partial charge in [0.2, 0.25) is 10.0 Å². The lowest BCUT2D eigenvalue weighted by Crippen LogP contribution is -2.43. The Morgan fingerprint density at radius 3 is 2.52 bits per heavy atom. The van der Waals surface area contributed by atoms with Crippen molar-refractivity contribution in [2.45, 2.75) is 32.2 Å². The normalized spacial score (nSPS) is 20.8. The van der Waals surface area contributed by atoms with E-state index in [1.807, 2.05) is 24.3 Å². The fourth-order valence-electron chi connectivity index (χ4n) is 2.80. The number of hydrogen-bond donors (Lipinski definition) is 1. The SMILES string of the molecule is CCCCc1ccc(C(=O)N[C@@H]2COC[C@H]2CS(=O)(=O)N(C)C)cc1. The van der Waals surface area contributed by atoms with Crippen molar-refractivity contribution in [2.75, 3.05) is 33.1 Å². The number of hydrogen-bond acceptors (Lipinski definition) is 4. The maximum atomic E-state index is 12.4. The lowest BCUT2D eigenvalue weighted by molar-refractivity contribution is 0.0926. The molecule has 1 aliphatic rings. The van der Waals surface area contributed by atoms with Gasteiger partial charge in [0.15, 0.2) is 0 Å². The van der Waals surface area contributed by atoms with E-state index in [9.17, 15) is 13.2 Å². The first-order chi connectivity index (χ1) is 11.8. The van der Waals surface area contributed by atoms with Gasteiger partial charge in [-0.05, 0) is 30.5 Å². The fourth-order valence-corrected chi connectivity index (χ4v) is 3.97. The summed E-state index contributed by atoms with van der Waals surface area (Å²) in [6.07, 6.45) is 3.29. The van der Waals surface area contributed by atoms with Gasteiger partial charge in [-0.2, -0.15) is 0 Å². The summed E-state index contributed by atoms with van der Waals surface area (Å²) in [7, 11) is -0.302. The van der Waals surface area contributed by atoms with Crippen LogP contribution in [0.1, 0.15) is 35.7 Å². The molecule has 0 spiro atoms. The highest BCUT2D eigenvalue weighted by molar-refractivity contribution is 7.89. The molecule has 1 aliphatic heterocycles. The second-order valence-corrected chi connectivity index (χ2v) is 8.97. The van der Waals surface area contributed by atoms with E-state index < -0.39 is 10.0 Å². The largest absolute Gasteiger partial charge is 0.379 e. The van der Waals surface area contributed by atoms with E-state index in [4.69, 9.17) is 4.74 Å². The predicted octanol–water partition coefficient (Wildman–Crippen LogP) is 1.67. The van der Waals surface area contributed by atoms with Crippen LogP contribution in [0.3, 0.4) is 0 Å². The summed E-state index contributed by atoms with van der Waals surface area (Å²) in [4.78, 5) is 12.4. The van der Waals surface area contributed by atoms with Crippen molar-refractivity contribution in [1.82, 2.24) is 9.62 Å². The molecule has 1 amide bonds. The number of benzene rings is 1. The number of nitrogens with zero attached hydrogens (tertiary/aromatic N) is 1. The third-order valence-corrected chi connectivity index (χ3v) is 6.49. The first kappa shape index (κ1) is 19.9. The van der Waals surface area contributed by atoms with Gasteiger partial charge in [-0.25, -0.2) is 12.7 Å². The molecule has 0 bridgehead atoms. The van der Waals surface area contributed by atoms with Crippen molar-refractivity contribution < 1.29 is 17.9 Å². The van der Waals surface area contributed by atoms with Gasteiger partial charge in [0.1, 0.15) is 0 Å². The highest BCUT2D eigenvalue weighted by atomic mass is 32.2. The maximum absolute atomic E-state index is 12.4. The summed E-state index contributed by atoms with van der Waals surface area (Å²) < 4.78 is 30.7. The lowest BCUT2D eigenvalue weighted by Gasteiger charge is -2.21. The Morgan fingerprint density at radius 2 is 1.92 bits per heavy atom. The highest BCUT2D eigenvalue weighted by Gasteiger charge is 2.34. The zero-order valence-electron chi connectivity index (χ0n) is 15.2. The summed E-state index contributed by atoms with van der Waals surface area (Å²) >= 11 is 0. The van der Waals surface area contributed by atoms with Crippen molar-refractivity contribution in [3.8, 4) is 0 Å². The van der Waals surface area contributed by atoms with E-state index >= 15 is 0 Å². The molecule has 1 aromatic rings. The molecule has 140 valence electrons. The molecule has 0 aromatic heterocycles. The molecule has 0 radical (unpaired) electrons.